The van der Waals surface area contributed by atoms with Gasteiger partial charge < -0.3 is 10.1 Å². The number of hydrogen-bond donors (Lipinski definition) is 1. The fourth-order valence-electron chi connectivity index (χ4n) is 2.62. The minimum Gasteiger partial charge on any atom is -0.494 e. The summed E-state index contributed by atoms with van der Waals surface area (Å²) in [5.74, 6) is 1.60. The average molecular weight is 219 g/mol. The molecule has 1 aliphatic rings. The predicted octanol–water partition coefficient (Wildman–Crippen LogP) is 2.94. The van der Waals surface area contributed by atoms with Crippen LogP contribution in [0.1, 0.15) is 38.7 Å². The lowest BCUT2D eigenvalue weighted by atomic mass is 9.83. The molecule has 0 radical (unpaired) electrons. The highest BCUT2D eigenvalue weighted by molar-refractivity contribution is 5.39. The molecule has 1 atom stereocenters. The van der Waals surface area contributed by atoms with Gasteiger partial charge in [0.2, 0.25) is 0 Å². The first-order valence-electron chi connectivity index (χ1n) is 6.12. The Morgan fingerprint density at radius 3 is 2.75 bits per heavy atom. The van der Waals surface area contributed by atoms with Crippen molar-refractivity contribution in [1.82, 2.24) is 5.32 Å². The molecule has 1 N–H and O–H groups in total. The van der Waals surface area contributed by atoms with Gasteiger partial charge in [-0.25, -0.2) is 0 Å². The van der Waals surface area contributed by atoms with E-state index in [0.717, 1.165) is 18.9 Å². The Hall–Kier alpha value is -1.02. The van der Waals surface area contributed by atoms with Crippen molar-refractivity contribution in [2.24, 2.45) is 0 Å². The molecule has 1 aromatic carbocycles. The van der Waals surface area contributed by atoms with Crippen LogP contribution in [0.3, 0.4) is 0 Å². The van der Waals surface area contributed by atoms with E-state index in [0.29, 0.717) is 5.92 Å². The highest BCUT2D eigenvalue weighted by atomic mass is 16.5. The number of rotatable bonds is 3. The van der Waals surface area contributed by atoms with E-state index in [2.05, 4.69) is 37.4 Å². The van der Waals surface area contributed by atoms with Gasteiger partial charge in [0.15, 0.2) is 0 Å². The van der Waals surface area contributed by atoms with Crippen molar-refractivity contribution in [1.29, 1.82) is 0 Å². The molecule has 1 heterocycles. The molecule has 1 saturated heterocycles. The predicted molar refractivity (Wildman–Crippen MR) is 67.1 cm³/mol. The number of ether oxygens (including phenoxy) is 1. The van der Waals surface area contributed by atoms with Crippen LogP contribution in [0.25, 0.3) is 0 Å². The van der Waals surface area contributed by atoms with Gasteiger partial charge >= 0.3 is 0 Å². The first-order valence-corrected chi connectivity index (χ1v) is 6.12. The summed E-state index contributed by atoms with van der Waals surface area (Å²) in [6, 6.07) is 8.42. The Morgan fingerprint density at radius 2 is 2.12 bits per heavy atom. The molecule has 0 saturated carbocycles. The van der Waals surface area contributed by atoms with Gasteiger partial charge in [-0.1, -0.05) is 18.2 Å². The fraction of sp³-hybridized carbons (Fsp3) is 0.571. The van der Waals surface area contributed by atoms with Crippen molar-refractivity contribution in [2.75, 3.05) is 13.2 Å². The zero-order chi connectivity index (χ0) is 11.6. The minimum absolute atomic E-state index is 0.174. The van der Waals surface area contributed by atoms with Gasteiger partial charge in [-0.2, -0.15) is 0 Å². The zero-order valence-electron chi connectivity index (χ0n) is 10.4. The fourth-order valence-corrected chi connectivity index (χ4v) is 2.62. The summed E-state index contributed by atoms with van der Waals surface area (Å²) in [4.78, 5) is 0. The van der Waals surface area contributed by atoms with Crippen LogP contribution in [0.5, 0.6) is 5.75 Å². The molecule has 1 fully saturated rings. The maximum Gasteiger partial charge on any atom is 0.122 e. The molecule has 1 aromatic rings. The molecule has 2 heteroatoms. The van der Waals surface area contributed by atoms with E-state index in [-0.39, 0.29) is 5.54 Å². The van der Waals surface area contributed by atoms with Gasteiger partial charge in [-0.3, -0.25) is 0 Å². The van der Waals surface area contributed by atoms with Crippen molar-refractivity contribution < 1.29 is 4.74 Å². The SMILES string of the molecule is CCOc1ccccc1C1CCNC1(C)C. The monoisotopic (exact) mass is 219 g/mol. The van der Waals surface area contributed by atoms with Crippen LogP contribution in [0.2, 0.25) is 0 Å². The maximum absolute atomic E-state index is 5.71. The third kappa shape index (κ3) is 2.07. The first-order chi connectivity index (χ1) is 7.65. The molecule has 2 rings (SSSR count). The Kier molecular flexibility index (Phi) is 3.20. The van der Waals surface area contributed by atoms with E-state index in [9.17, 15) is 0 Å². The molecular formula is C14H21NO. The lowest BCUT2D eigenvalue weighted by molar-refractivity contribution is 0.325. The summed E-state index contributed by atoms with van der Waals surface area (Å²) in [6.45, 7) is 8.41. The van der Waals surface area contributed by atoms with Crippen LogP contribution in [0.4, 0.5) is 0 Å². The van der Waals surface area contributed by atoms with E-state index in [4.69, 9.17) is 4.74 Å². The number of para-hydroxylation sites is 1. The summed E-state index contributed by atoms with van der Waals surface area (Å²) in [7, 11) is 0. The lowest BCUT2D eigenvalue weighted by Crippen LogP contribution is -2.36. The van der Waals surface area contributed by atoms with Crippen molar-refractivity contribution in [3.63, 3.8) is 0 Å². The van der Waals surface area contributed by atoms with Gasteiger partial charge in [0.1, 0.15) is 5.75 Å². The maximum atomic E-state index is 5.71. The van der Waals surface area contributed by atoms with Crippen molar-refractivity contribution >= 4 is 0 Å². The van der Waals surface area contributed by atoms with Crippen LogP contribution in [-0.4, -0.2) is 18.7 Å². The summed E-state index contributed by atoms with van der Waals surface area (Å²) >= 11 is 0. The molecule has 0 bridgehead atoms. The van der Waals surface area contributed by atoms with E-state index in [1.54, 1.807) is 0 Å². The van der Waals surface area contributed by atoms with Gasteiger partial charge in [0.25, 0.3) is 0 Å². The van der Waals surface area contributed by atoms with Crippen LogP contribution < -0.4 is 10.1 Å². The smallest absolute Gasteiger partial charge is 0.122 e. The molecule has 0 aromatic heterocycles. The summed E-state index contributed by atoms with van der Waals surface area (Å²) in [6.07, 6.45) is 1.19. The third-order valence-corrected chi connectivity index (χ3v) is 3.48. The van der Waals surface area contributed by atoms with E-state index < -0.39 is 0 Å². The molecule has 2 nitrogen and oxygen atoms in total. The van der Waals surface area contributed by atoms with Crippen LogP contribution in [0, 0.1) is 0 Å². The summed E-state index contributed by atoms with van der Waals surface area (Å²) in [5, 5.41) is 3.56. The Bertz CT molecular complexity index is 360. The molecule has 0 amide bonds. The number of benzene rings is 1. The number of hydrogen-bond acceptors (Lipinski definition) is 2. The minimum atomic E-state index is 0.174. The second-order valence-corrected chi connectivity index (χ2v) is 4.96. The van der Waals surface area contributed by atoms with E-state index >= 15 is 0 Å². The van der Waals surface area contributed by atoms with Gasteiger partial charge in [-0.05, 0) is 45.4 Å². The third-order valence-electron chi connectivity index (χ3n) is 3.48. The Balaban J connectivity index is 2.32. The summed E-state index contributed by atoms with van der Waals surface area (Å²) in [5.41, 5.74) is 1.52. The molecule has 16 heavy (non-hydrogen) atoms. The van der Waals surface area contributed by atoms with Crippen LogP contribution in [-0.2, 0) is 0 Å². The Labute approximate surface area is 98.0 Å². The Morgan fingerprint density at radius 1 is 1.38 bits per heavy atom. The largest absolute Gasteiger partial charge is 0.494 e. The zero-order valence-corrected chi connectivity index (χ0v) is 10.4. The highest BCUT2D eigenvalue weighted by Crippen LogP contribution is 2.39. The van der Waals surface area contributed by atoms with E-state index in [1.165, 1.54) is 12.0 Å². The number of nitrogens with one attached hydrogen (secondary N) is 1. The summed E-state index contributed by atoms with van der Waals surface area (Å²) < 4.78 is 5.71. The van der Waals surface area contributed by atoms with Crippen molar-refractivity contribution in [2.45, 2.75) is 38.6 Å². The molecule has 88 valence electrons. The second kappa shape index (κ2) is 4.46. The lowest BCUT2D eigenvalue weighted by Gasteiger charge is -2.28. The average Bonchev–Trinajstić information content (AvgIpc) is 2.59. The topological polar surface area (TPSA) is 21.3 Å². The van der Waals surface area contributed by atoms with Crippen LogP contribution >= 0.6 is 0 Å². The highest BCUT2D eigenvalue weighted by Gasteiger charge is 2.36. The molecule has 0 spiro atoms. The molecular weight excluding hydrogens is 198 g/mol. The quantitative estimate of drug-likeness (QED) is 0.844. The van der Waals surface area contributed by atoms with Gasteiger partial charge in [0.05, 0.1) is 6.61 Å². The van der Waals surface area contributed by atoms with Gasteiger partial charge in [0, 0.05) is 11.5 Å². The van der Waals surface area contributed by atoms with E-state index in [1.807, 2.05) is 13.0 Å². The van der Waals surface area contributed by atoms with Crippen molar-refractivity contribution in [3.8, 4) is 5.75 Å². The normalized spacial score (nSPS) is 23.3. The molecule has 1 aliphatic heterocycles. The first kappa shape index (κ1) is 11.5. The van der Waals surface area contributed by atoms with Gasteiger partial charge in [-0.15, -0.1) is 0 Å². The second-order valence-electron chi connectivity index (χ2n) is 4.96. The van der Waals surface area contributed by atoms with Crippen molar-refractivity contribution in [3.05, 3.63) is 29.8 Å². The standard InChI is InChI=1S/C14H21NO/c1-4-16-13-8-6-5-7-11(13)12-9-10-15-14(12,2)3/h5-8,12,15H,4,9-10H2,1-3H3. The van der Waals surface area contributed by atoms with Crippen LogP contribution in [0.15, 0.2) is 24.3 Å². The molecule has 1 unspecified atom stereocenters. The molecule has 0 aliphatic carbocycles.